The third kappa shape index (κ3) is 4.06. The van der Waals surface area contributed by atoms with Crippen LogP contribution >= 0.6 is 0 Å². The van der Waals surface area contributed by atoms with Gasteiger partial charge in [-0.3, -0.25) is 0 Å². The number of benzene rings is 1. The summed E-state index contributed by atoms with van der Waals surface area (Å²) in [6.07, 6.45) is 5.38. The highest BCUT2D eigenvalue weighted by Crippen LogP contribution is 2.20. The highest BCUT2D eigenvalue weighted by Gasteiger charge is 2.06. The molecule has 0 heterocycles. The SMILES string of the molecule is CCCCCCc1cc(N(C)C)ccc1C(=O)[O-]. The zero-order chi connectivity index (χ0) is 13.5. The van der Waals surface area contributed by atoms with E-state index in [1.165, 1.54) is 12.8 Å². The van der Waals surface area contributed by atoms with Gasteiger partial charge in [0.05, 0.1) is 5.97 Å². The predicted molar refractivity (Wildman–Crippen MR) is 72.9 cm³/mol. The number of hydrogen-bond acceptors (Lipinski definition) is 3. The number of aromatic carboxylic acids is 1. The zero-order valence-electron chi connectivity index (χ0n) is 11.5. The van der Waals surface area contributed by atoms with Crippen molar-refractivity contribution in [2.45, 2.75) is 39.0 Å². The summed E-state index contributed by atoms with van der Waals surface area (Å²) in [7, 11) is 3.91. The lowest BCUT2D eigenvalue weighted by atomic mass is 10.00. The normalized spacial score (nSPS) is 10.4. The lowest BCUT2D eigenvalue weighted by molar-refractivity contribution is -0.255. The van der Waals surface area contributed by atoms with Gasteiger partial charge < -0.3 is 14.8 Å². The van der Waals surface area contributed by atoms with Crippen molar-refractivity contribution in [2.75, 3.05) is 19.0 Å². The van der Waals surface area contributed by atoms with E-state index in [1.807, 2.05) is 31.1 Å². The van der Waals surface area contributed by atoms with Crippen molar-refractivity contribution in [3.63, 3.8) is 0 Å². The smallest absolute Gasteiger partial charge is 0.0718 e. The molecule has 1 rings (SSSR count). The first-order valence-electron chi connectivity index (χ1n) is 6.57. The molecule has 0 aliphatic heterocycles. The van der Waals surface area contributed by atoms with Gasteiger partial charge in [-0.2, -0.15) is 0 Å². The Labute approximate surface area is 109 Å². The van der Waals surface area contributed by atoms with Crippen LogP contribution in [0.5, 0.6) is 0 Å². The monoisotopic (exact) mass is 248 g/mol. The molecule has 0 fully saturated rings. The number of aryl methyl sites for hydroxylation is 1. The maximum atomic E-state index is 11.1. The topological polar surface area (TPSA) is 43.4 Å². The van der Waals surface area contributed by atoms with Crippen LogP contribution < -0.4 is 10.0 Å². The van der Waals surface area contributed by atoms with Gasteiger partial charge in [-0.15, -0.1) is 0 Å². The number of carbonyl (C=O) groups is 1. The van der Waals surface area contributed by atoms with E-state index in [1.54, 1.807) is 6.07 Å². The largest absolute Gasteiger partial charge is 0.545 e. The number of carboxylic acids is 1. The Balaban J connectivity index is 2.83. The van der Waals surface area contributed by atoms with Gasteiger partial charge in [-0.05, 0) is 30.5 Å². The van der Waals surface area contributed by atoms with Crippen LogP contribution in [0.1, 0.15) is 48.5 Å². The maximum Gasteiger partial charge on any atom is 0.0718 e. The molecule has 1 aromatic rings. The highest BCUT2D eigenvalue weighted by atomic mass is 16.4. The fourth-order valence-corrected chi connectivity index (χ4v) is 2.01. The maximum absolute atomic E-state index is 11.1. The second-order valence-electron chi connectivity index (χ2n) is 4.83. The number of anilines is 1. The molecule has 0 aromatic heterocycles. The first kappa shape index (κ1) is 14.6. The molecule has 0 radical (unpaired) electrons. The number of carbonyl (C=O) groups excluding carboxylic acids is 1. The molecule has 3 nitrogen and oxygen atoms in total. The van der Waals surface area contributed by atoms with Crippen LogP contribution in [0, 0.1) is 0 Å². The van der Waals surface area contributed by atoms with E-state index in [9.17, 15) is 9.90 Å². The van der Waals surface area contributed by atoms with E-state index >= 15 is 0 Å². The average Bonchev–Trinajstić information content (AvgIpc) is 2.34. The van der Waals surface area contributed by atoms with Crippen LogP contribution in [0.15, 0.2) is 18.2 Å². The minimum Gasteiger partial charge on any atom is -0.545 e. The quantitative estimate of drug-likeness (QED) is 0.695. The van der Waals surface area contributed by atoms with Crippen molar-refractivity contribution in [3.8, 4) is 0 Å². The molecule has 1 aromatic carbocycles. The lowest BCUT2D eigenvalue weighted by Gasteiger charge is -2.17. The third-order valence-electron chi connectivity index (χ3n) is 3.12. The van der Waals surface area contributed by atoms with Crippen molar-refractivity contribution < 1.29 is 9.90 Å². The van der Waals surface area contributed by atoms with E-state index in [0.29, 0.717) is 5.56 Å². The van der Waals surface area contributed by atoms with E-state index in [4.69, 9.17) is 0 Å². The molecular weight excluding hydrogens is 226 g/mol. The zero-order valence-corrected chi connectivity index (χ0v) is 11.5. The Kier molecular flexibility index (Phi) is 5.69. The molecule has 0 N–H and O–H groups in total. The molecule has 0 atom stereocenters. The fourth-order valence-electron chi connectivity index (χ4n) is 2.01. The molecule has 18 heavy (non-hydrogen) atoms. The van der Waals surface area contributed by atoms with Gasteiger partial charge in [0.1, 0.15) is 0 Å². The number of carboxylic acid groups (broad SMARTS) is 1. The van der Waals surface area contributed by atoms with Crippen LogP contribution in [0.3, 0.4) is 0 Å². The summed E-state index contributed by atoms with van der Waals surface area (Å²) < 4.78 is 0. The van der Waals surface area contributed by atoms with Crippen LogP contribution in [0.4, 0.5) is 5.69 Å². The molecule has 0 saturated heterocycles. The van der Waals surface area contributed by atoms with Crippen molar-refractivity contribution >= 4 is 11.7 Å². The Morgan fingerprint density at radius 2 is 1.94 bits per heavy atom. The number of rotatable bonds is 7. The van der Waals surface area contributed by atoms with E-state index < -0.39 is 5.97 Å². The van der Waals surface area contributed by atoms with Crippen molar-refractivity contribution in [1.82, 2.24) is 0 Å². The average molecular weight is 248 g/mol. The number of nitrogens with zero attached hydrogens (tertiary/aromatic N) is 1. The summed E-state index contributed by atoms with van der Waals surface area (Å²) in [5, 5.41) is 11.1. The first-order valence-corrected chi connectivity index (χ1v) is 6.57. The molecular formula is C15H22NO2-. The summed E-state index contributed by atoms with van der Waals surface area (Å²) >= 11 is 0. The van der Waals surface area contributed by atoms with E-state index in [2.05, 4.69) is 6.92 Å². The summed E-state index contributed by atoms with van der Waals surface area (Å²) in [5.74, 6) is -1.08. The second kappa shape index (κ2) is 7.04. The Morgan fingerprint density at radius 1 is 1.22 bits per heavy atom. The van der Waals surface area contributed by atoms with Gasteiger partial charge in [-0.1, -0.05) is 32.3 Å². The predicted octanol–water partition coefficient (Wildman–Crippen LogP) is 2.24. The molecule has 0 amide bonds. The molecule has 0 unspecified atom stereocenters. The number of hydrogen-bond donors (Lipinski definition) is 0. The summed E-state index contributed by atoms with van der Waals surface area (Å²) in [5.41, 5.74) is 2.25. The van der Waals surface area contributed by atoms with Crippen LogP contribution in [0.25, 0.3) is 0 Å². The Bertz CT molecular complexity index is 399. The lowest BCUT2D eigenvalue weighted by Crippen LogP contribution is -2.24. The fraction of sp³-hybridized carbons (Fsp3) is 0.533. The van der Waals surface area contributed by atoms with Gasteiger partial charge in [0.25, 0.3) is 0 Å². The van der Waals surface area contributed by atoms with E-state index in [-0.39, 0.29) is 0 Å². The number of unbranched alkanes of at least 4 members (excludes halogenated alkanes) is 3. The summed E-state index contributed by atoms with van der Waals surface area (Å²) in [6.45, 7) is 2.17. The Morgan fingerprint density at radius 3 is 2.50 bits per heavy atom. The second-order valence-corrected chi connectivity index (χ2v) is 4.83. The minimum atomic E-state index is -1.08. The third-order valence-corrected chi connectivity index (χ3v) is 3.12. The van der Waals surface area contributed by atoms with Crippen LogP contribution in [-0.2, 0) is 6.42 Å². The van der Waals surface area contributed by atoms with Crippen molar-refractivity contribution in [1.29, 1.82) is 0 Å². The van der Waals surface area contributed by atoms with Crippen LogP contribution in [0.2, 0.25) is 0 Å². The highest BCUT2D eigenvalue weighted by molar-refractivity contribution is 5.88. The van der Waals surface area contributed by atoms with E-state index in [0.717, 1.165) is 30.5 Å². The molecule has 0 bridgehead atoms. The molecule has 100 valence electrons. The van der Waals surface area contributed by atoms with Gasteiger partial charge in [0, 0.05) is 25.3 Å². The molecule has 0 aliphatic carbocycles. The first-order chi connectivity index (χ1) is 8.56. The van der Waals surface area contributed by atoms with Gasteiger partial charge in [0.15, 0.2) is 0 Å². The van der Waals surface area contributed by atoms with Crippen LogP contribution in [-0.4, -0.2) is 20.1 Å². The summed E-state index contributed by atoms with van der Waals surface area (Å²) in [6, 6.07) is 5.43. The van der Waals surface area contributed by atoms with Gasteiger partial charge in [0.2, 0.25) is 0 Å². The minimum absolute atomic E-state index is 0.331. The standard InChI is InChI=1S/C15H23NO2/c1-4-5-6-7-8-12-11-13(16(2)3)9-10-14(12)15(17)18/h9-11H,4-8H2,1-3H3,(H,17,18)/p-1. The van der Waals surface area contributed by atoms with Gasteiger partial charge >= 0.3 is 0 Å². The van der Waals surface area contributed by atoms with Gasteiger partial charge in [-0.25, -0.2) is 0 Å². The van der Waals surface area contributed by atoms with Crippen molar-refractivity contribution in [3.05, 3.63) is 29.3 Å². The molecule has 0 spiro atoms. The molecule has 3 heteroatoms. The van der Waals surface area contributed by atoms with Crippen molar-refractivity contribution in [2.24, 2.45) is 0 Å². The summed E-state index contributed by atoms with van der Waals surface area (Å²) in [4.78, 5) is 13.0. The molecule has 0 saturated carbocycles. The molecule has 0 aliphatic rings. The Hall–Kier alpha value is -1.51.